The van der Waals surface area contributed by atoms with Crippen molar-refractivity contribution in [2.24, 2.45) is 0 Å². The first kappa shape index (κ1) is 8.83. The third-order valence-corrected chi connectivity index (χ3v) is 1.31. The van der Waals surface area contributed by atoms with E-state index in [2.05, 4.69) is 33.5 Å². The highest BCUT2D eigenvalue weighted by molar-refractivity contribution is 5.20. The summed E-state index contributed by atoms with van der Waals surface area (Å²) >= 11 is 0. The molecule has 65 valence electrons. The Bertz CT molecular complexity index is 241. The second-order valence-electron chi connectivity index (χ2n) is 2.31. The molecule has 0 saturated carbocycles. The van der Waals surface area contributed by atoms with Crippen LogP contribution < -0.4 is 5.32 Å². The third kappa shape index (κ3) is 2.77. The Morgan fingerprint density at radius 2 is 2.33 bits per heavy atom. The molecule has 0 aliphatic heterocycles. The minimum absolute atomic E-state index is 0.246. The highest BCUT2D eigenvalue weighted by Gasteiger charge is 1.97. The van der Waals surface area contributed by atoms with E-state index < -0.39 is 6.08 Å². The molecule has 1 radical (unpaired) electrons. The largest absolute Gasteiger partial charge is 0.354 e. The number of anilines is 1. The van der Waals surface area contributed by atoms with E-state index >= 15 is 0 Å². The predicted molar refractivity (Wildman–Crippen MR) is 42.0 cm³/mol. The van der Waals surface area contributed by atoms with Crippen molar-refractivity contribution in [1.82, 2.24) is 15.0 Å². The summed E-state index contributed by atoms with van der Waals surface area (Å²) in [6.45, 7) is 2.82. The van der Waals surface area contributed by atoms with E-state index in [-0.39, 0.29) is 5.95 Å². The third-order valence-electron chi connectivity index (χ3n) is 1.31. The van der Waals surface area contributed by atoms with Crippen molar-refractivity contribution in [2.75, 3.05) is 11.9 Å². The van der Waals surface area contributed by atoms with Crippen molar-refractivity contribution in [3.63, 3.8) is 0 Å². The van der Waals surface area contributed by atoms with E-state index in [0.717, 1.165) is 19.4 Å². The number of nitrogens with one attached hydrogen (secondary N) is 1. The number of halogens is 1. The van der Waals surface area contributed by atoms with E-state index in [1.54, 1.807) is 0 Å². The quantitative estimate of drug-likeness (QED) is 0.684. The van der Waals surface area contributed by atoms with Crippen molar-refractivity contribution in [1.29, 1.82) is 0 Å². The number of hydrogen-bond acceptors (Lipinski definition) is 4. The zero-order valence-corrected chi connectivity index (χ0v) is 6.84. The molecule has 0 atom stereocenters. The summed E-state index contributed by atoms with van der Waals surface area (Å²) < 4.78 is 12.3. The van der Waals surface area contributed by atoms with Crippen LogP contribution in [0, 0.1) is 12.4 Å². The van der Waals surface area contributed by atoms with Crippen LogP contribution in [0.2, 0.25) is 0 Å². The molecular formula is C7H10FN4. The molecule has 0 saturated heterocycles. The molecule has 0 bridgehead atoms. The number of rotatable bonds is 4. The van der Waals surface area contributed by atoms with E-state index in [4.69, 9.17) is 0 Å². The standard InChI is InChI=1S/C7H10FN4/c1-2-3-4-9-7-11-5-10-6(8)12-7/h2-4H2,1H3,(H,9,10,11,12). The van der Waals surface area contributed by atoms with Crippen LogP contribution in [-0.4, -0.2) is 21.5 Å². The molecule has 0 spiro atoms. The molecule has 4 nitrogen and oxygen atoms in total. The topological polar surface area (TPSA) is 50.7 Å². The van der Waals surface area contributed by atoms with E-state index in [0.29, 0.717) is 0 Å². The smallest absolute Gasteiger partial charge is 0.314 e. The number of nitrogens with zero attached hydrogens (tertiary/aromatic N) is 3. The van der Waals surface area contributed by atoms with E-state index in [1.165, 1.54) is 0 Å². The molecular weight excluding hydrogens is 159 g/mol. The summed E-state index contributed by atoms with van der Waals surface area (Å²) in [5.41, 5.74) is 0. The maximum Gasteiger partial charge on any atom is 0.314 e. The fourth-order valence-electron chi connectivity index (χ4n) is 0.707. The lowest BCUT2D eigenvalue weighted by Gasteiger charge is -2.00. The average molecular weight is 169 g/mol. The molecule has 0 aromatic carbocycles. The van der Waals surface area contributed by atoms with Crippen molar-refractivity contribution in [3.05, 3.63) is 12.4 Å². The lowest BCUT2D eigenvalue weighted by atomic mass is 10.3. The monoisotopic (exact) mass is 169 g/mol. The number of aromatic nitrogens is 3. The molecule has 12 heavy (non-hydrogen) atoms. The maximum atomic E-state index is 12.3. The molecule has 1 aromatic rings. The van der Waals surface area contributed by atoms with Crippen LogP contribution >= 0.6 is 0 Å². The SMILES string of the molecule is CCCCNc1n[c]nc(F)n1. The molecule has 1 rings (SSSR count). The van der Waals surface area contributed by atoms with Gasteiger partial charge in [-0.3, -0.25) is 0 Å². The Labute approximate surface area is 70.3 Å². The number of hydrogen-bond donors (Lipinski definition) is 1. The normalized spacial score (nSPS) is 9.83. The Morgan fingerprint density at radius 1 is 1.50 bits per heavy atom. The molecule has 5 heteroatoms. The van der Waals surface area contributed by atoms with Crippen LogP contribution in [0.3, 0.4) is 0 Å². The fourth-order valence-corrected chi connectivity index (χ4v) is 0.707. The lowest BCUT2D eigenvalue weighted by molar-refractivity contribution is 0.532. The molecule has 1 aromatic heterocycles. The highest BCUT2D eigenvalue weighted by Crippen LogP contribution is 1.95. The van der Waals surface area contributed by atoms with Gasteiger partial charge in [-0.15, -0.1) is 0 Å². The summed E-state index contributed by atoms with van der Waals surface area (Å²) in [6.07, 6.45) is 3.44. The number of unbranched alkanes of at least 4 members (excludes halogenated alkanes) is 1. The van der Waals surface area contributed by atoms with Gasteiger partial charge in [-0.25, -0.2) is 0 Å². The van der Waals surface area contributed by atoms with Crippen LogP contribution in [0.1, 0.15) is 19.8 Å². The van der Waals surface area contributed by atoms with Crippen molar-refractivity contribution >= 4 is 5.95 Å². The van der Waals surface area contributed by atoms with Gasteiger partial charge in [-0.05, 0) is 6.42 Å². The average Bonchev–Trinajstić information content (AvgIpc) is 2.05. The minimum Gasteiger partial charge on any atom is -0.354 e. The van der Waals surface area contributed by atoms with Gasteiger partial charge < -0.3 is 5.32 Å². The zero-order chi connectivity index (χ0) is 8.81. The van der Waals surface area contributed by atoms with Gasteiger partial charge in [0.1, 0.15) is 0 Å². The summed E-state index contributed by atoms with van der Waals surface area (Å²) in [6, 6.07) is 0. The molecule has 0 fully saturated rings. The first-order valence-corrected chi connectivity index (χ1v) is 3.84. The highest BCUT2D eigenvalue weighted by atomic mass is 19.1. The molecule has 0 unspecified atom stereocenters. The van der Waals surface area contributed by atoms with Crippen molar-refractivity contribution in [2.45, 2.75) is 19.8 Å². The van der Waals surface area contributed by atoms with Crippen molar-refractivity contribution < 1.29 is 4.39 Å². The van der Waals surface area contributed by atoms with Gasteiger partial charge in [0.2, 0.25) is 12.3 Å². The second kappa shape index (κ2) is 4.58. The Kier molecular flexibility index (Phi) is 3.37. The first-order valence-electron chi connectivity index (χ1n) is 3.84. The molecule has 1 N–H and O–H groups in total. The summed E-state index contributed by atoms with van der Waals surface area (Å²) in [7, 11) is 0. The van der Waals surface area contributed by atoms with Gasteiger partial charge in [0.25, 0.3) is 0 Å². The van der Waals surface area contributed by atoms with Crippen LogP contribution in [-0.2, 0) is 0 Å². The Hall–Kier alpha value is -1.26. The molecule has 0 aliphatic carbocycles. The molecule has 1 heterocycles. The van der Waals surface area contributed by atoms with E-state index in [9.17, 15) is 4.39 Å². The fraction of sp³-hybridized carbons (Fsp3) is 0.571. The zero-order valence-electron chi connectivity index (χ0n) is 6.84. The molecule has 0 aliphatic rings. The van der Waals surface area contributed by atoms with Gasteiger partial charge >= 0.3 is 6.08 Å². The van der Waals surface area contributed by atoms with Gasteiger partial charge in [0, 0.05) is 6.54 Å². The summed E-state index contributed by atoms with van der Waals surface area (Å²) in [5.74, 6) is 0.246. The second-order valence-corrected chi connectivity index (χ2v) is 2.31. The summed E-state index contributed by atoms with van der Waals surface area (Å²) in [5, 5.41) is 2.85. The van der Waals surface area contributed by atoms with E-state index in [1.807, 2.05) is 0 Å². The van der Waals surface area contributed by atoms with Gasteiger partial charge in [-0.1, -0.05) is 13.3 Å². The van der Waals surface area contributed by atoms with Gasteiger partial charge in [0.15, 0.2) is 0 Å². The Morgan fingerprint density at radius 3 is 3.00 bits per heavy atom. The lowest BCUT2D eigenvalue weighted by Crippen LogP contribution is -2.06. The van der Waals surface area contributed by atoms with Crippen LogP contribution in [0.5, 0.6) is 0 Å². The van der Waals surface area contributed by atoms with Crippen LogP contribution in [0.15, 0.2) is 0 Å². The van der Waals surface area contributed by atoms with Crippen LogP contribution in [0.4, 0.5) is 10.3 Å². The van der Waals surface area contributed by atoms with Crippen LogP contribution in [0.25, 0.3) is 0 Å². The molecule has 0 amide bonds. The van der Waals surface area contributed by atoms with Gasteiger partial charge in [0.05, 0.1) is 0 Å². The Balaban J connectivity index is 2.41. The maximum absolute atomic E-state index is 12.3. The van der Waals surface area contributed by atoms with Crippen molar-refractivity contribution in [3.8, 4) is 0 Å². The van der Waals surface area contributed by atoms with Gasteiger partial charge in [-0.2, -0.15) is 19.3 Å². The minimum atomic E-state index is -0.802. The first-order chi connectivity index (χ1) is 5.83. The predicted octanol–water partition coefficient (Wildman–Crippen LogP) is 1.02. The summed E-state index contributed by atoms with van der Waals surface area (Å²) in [4.78, 5) is 10.1.